The highest BCUT2D eigenvalue weighted by molar-refractivity contribution is 7.80. The quantitative estimate of drug-likeness (QED) is 0.360. The summed E-state index contributed by atoms with van der Waals surface area (Å²) in [5.41, 5.74) is 2.34. The Labute approximate surface area is 150 Å². The van der Waals surface area contributed by atoms with Gasteiger partial charge in [-0.2, -0.15) is 13.5 Å². The Morgan fingerprint density at radius 2 is 2.08 bits per heavy atom. The SMILES string of the molecule is CCCCOC(=O)N(C)NC(=O)[C@@H]1CC[C@@H]2CN1C(=O)N2OS(=O)(=O)O. The highest BCUT2D eigenvalue weighted by atomic mass is 32.3. The van der Waals surface area contributed by atoms with Crippen molar-refractivity contribution in [2.45, 2.75) is 44.7 Å². The second kappa shape index (κ2) is 8.05. The molecule has 2 aliphatic heterocycles. The Balaban J connectivity index is 1.95. The van der Waals surface area contributed by atoms with Crippen molar-refractivity contribution in [2.75, 3.05) is 20.2 Å². The number of fused-ring (bicyclic) bond motifs is 2. The molecule has 0 saturated carbocycles. The number of urea groups is 1. The zero-order chi connectivity index (χ0) is 19.5. The summed E-state index contributed by atoms with van der Waals surface area (Å²) in [7, 11) is -3.53. The predicted molar refractivity (Wildman–Crippen MR) is 85.5 cm³/mol. The van der Waals surface area contributed by atoms with Crippen LogP contribution in [0.2, 0.25) is 0 Å². The van der Waals surface area contributed by atoms with Crippen LogP contribution in [0.4, 0.5) is 9.59 Å². The molecule has 148 valence electrons. The molecule has 0 aromatic heterocycles. The van der Waals surface area contributed by atoms with Crippen LogP contribution in [0.25, 0.3) is 0 Å². The Kier molecular flexibility index (Phi) is 6.26. The first kappa shape index (κ1) is 20.2. The summed E-state index contributed by atoms with van der Waals surface area (Å²) in [6, 6.07) is -2.34. The summed E-state index contributed by atoms with van der Waals surface area (Å²) >= 11 is 0. The first-order valence-electron chi connectivity index (χ1n) is 8.12. The molecule has 2 atom stereocenters. The molecule has 2 aliphatic rings. The third-order valence-corrected chi connectivity index (χ3v) is 4.42. The van der Waals surface area contributed by atoms with Crippen molar-refractivity contribution in [3.63, 3.8) is 0 Å². The minimum absolute atomic E-state index is 0.0666. The van der Waals surface area contributed by atoms with Gasteiger partial charge in [0.15, 0.2) is 0 Å². The van der Waals surface area contributed by atoms with E-state index in [1.807, 2.05) is 6.92 Å². The Morgan fingerprint density at radius 1 is 1.38 bits per heavy atom. The van der Waals surface area contributed by atoms with Gasteiger partial charge in [0.1, 0.15) is 6.04 Å². The fourth-order valence-electron chi connectivity index (χ4n) is 2.79. The topological polar surface area (TPSA) is 146 Å². The largest absolute Gasteiger partial charge is 0.448 e. The van der Waals surface area contributed by atoms with Crippen LogP contribution in [0.15, 0.2) is 0 Å². The van der Waals surface area contributed by atoms with E-state index in [9.17, 15) is 22.8 Å². The molecule has 0 aromatic carbocycles. The van der Waals surface area contributed by atoms with Gasteiger partial charge in [-0.3, -0.25) is 14.8 Å². The molecule has 0 spiro atoms. The molecule has 26 heavy (non-hydrogen) atoms. The van der Waals surface area contributed by atoms with Gasteiger partial charge in [-0.15, -0.1) is 4.28 Å². The molecular weight excluding hydrogens is 372 g/mol. The number of nitrogens with one attached hydrogen (secondary N) is 1. The number of rotatable bonds is 6. The Morgan fingerprint density at radius 3 is 2.69 bits per heavy atom. The molecule has 2 bridgehead atoms. The number of amides is 4. The van der Waals surface area contributed by atoms with E-state index in [-0.39, 0.29) is 19.6 Å². The number of piperidine rings is 1. The van der Waals surface area contributed by atoms with Gasteiger partial charge in [0.25, 0.3) is 5.91 Å². The van der Waals surface area contributed by atoms with Crippen LogP contribution in [-0.2, 0) is 24.2 Å². The predicted octanol–water partition coefficient (Wildman–Crippen LogP) is -0.111. The van der Waals surface area contributed by atoms with E-state index in [1.165, 1.54) is 7.05 Å². The van der Waals surface area contributed by atoms with E-state index in [0.29, 0.717) is 17.9 Å². The van der Waals surface area contributed by atoms with E-state index >= 15 is 0 Å². The molecule has 2 saturated heterocycles. The number of ether oxygens (including phenoxy) is 1. The van der Waals surface area contributed by atoms with Crippen LogP contribution in [-0.4, -0.2) is 78.3 Å². The van der Waals surface area contributed by atoms with Crippen LogP contribution in [0, 0.1) is 0 Å². The number of carbonyl (C=O) groups is 3. The Hall–Kier alpha value is -2.12. The molecule has 13 heteroatoms. The molecule has 0 aromatic rings. The molecule has 0 unspecified atom stereocenters. The summed E-state index contributed by atoms with van der Waals surface area (Å²) in [6.45, 7) is 2.24. The maximum absolute atomic E-state index is 12.4. The lowest BCUT2D eigenvalue weighted by molar-refractivity contribution is -0.130. The number of carbonyl (C=O) groups excluding carboxylic acids is 3. The number of hydrogen-bond acceptors (Lipinski definition) is 7. The maximum Gasteiger partial charge on any atom is 0.428 e. The van der Waals surface area contributed by atoms with Crippen molar-refractivity contribution in [3.8, 4) is 0 Å². The lowest BCUT2D eigenvalue weighted by atomic mass is 10.0. The minimum Gasteiger partial charge on any atom is -0.448 e. The minimum atomic E-state index is -4.85. The zero-order valence-corrected chi connectivity index (χ0v) is 15.3. The first-order chi connectivity index (χ1) is 12.1. The van der Waals surface area contributed by atoms with Crippen molar-refractivity contribution in [2.24, 2.45) is 0 Å². The van der Waals surface area contributed by atoms with Crippen molar-refractivity contribution in [3.05, 3.63) is 0 Å². The maximum atomic E-state index is 12.4. The van der Waals surface area contributed by atoms with E-state index in [1.54, 1.807) is 0 Å². The lowest BCUT2D eigenvalue weighted by Gasteiger charge is -2.30. The summed E-state index contributed by atoms with van der Waals surface area (Å²) in [5.74, 6) is -0.611. The summed E-state index contributed by atoms with van der Waals surface area (Å²) < 4.78 is 39.7. The average molecular weight is 394 g/mol. The number of hydrogen-bond donors (Lipinski definition) is 2. The standard InChI is InChI=1S/C13H22N4O8S/c1-3-4-7-24-13(20)15(2)14-11(18)10-6-5-9-8-16(10)12(19)17(9)25-26(21,22)23/h9-10H,3-8H2,1-2H3,(H,14,18)(H,21,22,23)/t9-,10+/m1/s1. The van der Waals surface area contributed by atoms with E-state index < -0.39 is 40.5 Å². The fourth-order valence-corrected chi connectivity index (χ4v) is 3.18. The van der Waals surface area contributed by atoms with Crippen LogP contribution in [0.1, 0.15) is 32.6 Å². The molecule has 2 fully saturated rings. The molecular formula is C13H22N4O8S. The van der Waals surface area contributed by atoms with Gasteiger partial charge in [-0.1, -0.05) is 13.3 Å². The lowest BCUT2D eigenvalue weighted by Crippen LogP contribution is -2.54. The normalized spacial score (nSPS) is 22.3. The number of hydrazine groups is 1. The van der Waals surface area contributed by atoms with Crippen LogP contribution >= 0.6 is 0 Å². The Bertz CT molecular complexity index is 669. The van der Waals surface area contributed by atoms with E-state index in [2.05, 4.69) is 9.71 Å². The van der Waals surface area contributed by atoms with Gasteiger partial charge in [0.2, 0.25) is 0 Å². The smallest absolute Gasteiger partial charge is 0.428 e. The second-order valence-electron chi connectivity index (χ2n) is 6.01. The van der Waals surface area contributed by atoms with E-state index in [0.717, 1.165) is 16.3 Å². The summed E-state index contributed by atoms with van der Waals surface area (Å²) in [4.78, 5) is 37.5. The van der Waals surface area contributed by atoms with Crippen LogP contribution in [0.3, 0.4) is 0 Å². The second-order valence-corrected chi connectivity index (χ2v) is 7.02. The number of unbranched alkanes of at least 4 members (excludes halogenated alkanes) is 1. The van der Waals surface area contributed by atoms with Gasteiger partial charge in [0.05, 0.1) is 12.6 Å². The van der Waals surface area contributed by atoms with Gasteiger partial charge in [-0.05, 0) is 19.3 Å². The first-order valence-corrected chi connectivity index (χ1v) is 9.48. The number of hydroxylamine groups is 2. The van der Waals surface area contributed by atoms with Crippen molar-refractivity contribution < 1.29 is 36.4 Å². The molecule has 2 N–H and O–H groups in total. The third-order valence-electron chi connectivity index (χ3n) is 4.08. The zero-order valence-electron chi connectivity index (χ0n) is 14.5. The summed E-state index contributed by atoms with van der Waals surface area (Å²) in [5, 5.41) is 1.43. The van der Waals surface area contributed by atoms with Crippen molar-refractivity contribution in [1.82, 2.24) is 20.4 Å². The highest BCUT2D eigenvalue weighted by Crippen LogP contribution is 2.30. The molecule has 0 radical (unpaired) electrons. The fraction of sp³-hybridized carbons (Fsp3) is 0.769. The molecule has 2 rings (SSSR count). The molecule has 12 nitrogen and oxygen atoms in total. The average Bonchev–Trinajstić information content (AvgIpc) is 2.78. The highest BCUT2D eigenvalue weighted by Gasteiger charge is 2.49. The third kappa shape index (κ3) is 4.74. The molecule has 4 amide bonds. The van der Waals surface area contributed by atoms with E-state index in [4.69, 9.17) is 9.29 Å². The van der Waals surface area contributed by atoms with Gasteiger partial charge in [0, 0.05) is 13.6 Å². The monoisotopic (exact) mass is 394 g/mol. The van der Waals surface area contributed by atoms with Crippen molar-refractivity contribution in [1.29, 1.82) is 0 Å². The van der Waals surface area contributed by atoms with Gasteiger partial charge < -0.3 is 9.64 Å². The number of nitrogens with zero attached hydrogens (tertiary/aromatic N) is 3. The summed E-state index contributed by atoms with van der Waals surface area (Å²) in [6.07, 6.45) is 1.35. The van der Waals surface area contributed by atoms with Crippen LogP contribution in [0.5, 0.6) is 0 Å². The van der Waals surface area contributed by atoms with Gasteiger partial charge in [-0.25, -0.2) is 14.6 Å². The molecule has 0 aliphatic carbocycles. The van der Waals surface area contributed by atoms with Crippen molar-refractivity contribution >= 4 is 28.4 Å². The van der Waals surface area contributed by atoms with Gasteiger partial charge >= 0.3 is 22.5 Å². The van der Waals surface area contributed by atoms with Crippen LogP contribution < -0.4 is 5.43 Å². The molecule has 2 heterocycles.